The van der Waals surface area contributed by atoms with Crippen LogP contribution < -0.4 is 0 Å². The molecule has 0 atom stereocenters. The fourth-order valence-corrected chi connectivity index (χ4v) is 0.770. The van der Waals surface area contributed by atoms with Gasteiger partial charge in [-0.15, -0.1) is 0 Å². The van der Waals surface area contributed by atoms with Gasteiger partial charge in [-0.25, -0.2) is 0 Å². The van der Waals surface area contributed by atoms with E-state index in [4.69, 9.17) is 4.74 Å². The van der Waals surface area contributed by atoms with Gasteiger partial charge in [0.2, 0.25) is 0 Å². The number of allylic oxidation sites excluding steroid dienone is 1. The third-order valence-corrected chi connectivity index (χ3v) is 1.41. The van der Waals surface area contributed by atoms with Crippen molar-refractivity contribution in [3.8, 4) is 0 Å². The van der Waals surface area contributed by atoms with Gasteiger partial charge >= 0.3 is 0 Å². The topological polar surface area (TPSA) is 9.23 Å². The second-order valence-corrected chi connectivity index (χ2v) is 2.33. The number of ether oxygens (including phenoxy) is 1. The molecule has 0 amide bonds. The number of hydrogen-bond donors (Lipinski definition) is 0. The summed E-state index contributed by atoms with van der Waals surface area (Å²) in [5.41, 5.74) is 0. The molecule has 0 spiro atoms. The molecular formula is C6H12OS. The highest BCUT2D eigenvalue weighted by atomic mass is 32.2. The first kappa shape index (κ1) is 7.89. The molecule has 0 aromatic carbocycles. The van der Waals surface area contributed by atoms with Gasteiger partial charge < -0.3 is 4.74 Å². The van der Waals surface area contributed by atoms with E-state index in [-0.39, 0.29) is 0 Å². The molecule has 1 aliphatic rings. The molecule has 1 heterocycles. The Bertz CT molecular complexity index is 78.6. The minimum Gasteiger partial charge on any atom is -0.489 e. The molecule has 0 bridgehead atoms. The van der Waals surface area contributed by atoms with Gasteiger partial charge in [0.1, 0.15) is 5.94 Å². The minimum absolute atomic E-state index is 0.811. The zero-order valence-electron chi connectivity index (χ0n) is 5.60. The number of hydrogen-bond acceptors (Lipinski definition) is 2. The molecule has 1 aliphatic heterocycles. The SMILES string of the molecule is CC.CC1=COCS1. The normalized spacial score (nSPS) is 15.6. The van der Waals surface area contributed by atoms with Crippen molar-refractivity contribution >= 4 is 11.8 Å². The van der Waals surface area contributed by atoms with Crippen LogP contribution >= 0.6 is 11.8 Å². The average Bonchev–Trinajstić information content (AvgIpc) is 2.24. The summed E-state index contributed by atoms with van der Waals surface area (Å²) in [6, 6.07) is 0. The lowest BCUT2D eigenvalue weighted by Gasteiger charge is -1.79. The Kier molecular flexibility index (Phi) is 4.97. The van der Waals surface area contributed by atoms with Crippen molar-refractivity contribution in [1.29, 1.82) is 0 Å². The molecule has 0 fully saturated rings. The summed E-state index contributed by atoms with van der Waals surface area (Å²) in [5.74, 6) is 0.811. The van der Waals surface area contributed by atoms with Gasteiger partial charge in [0, 0.05) is 4.91 Å². The third kappa shape index (κ3) is 2.97. The molecule has 1 rings (SSSR count). The molecule has 0 aromatic rings. The van der Waals surface area contributed by atoms with Gasteiger partial charge in [-0.2, -0.15) is 0 Å². The van der Waals surface area contributed by atoms with Crippen LogP contribution in [0.4, 0.5) is 0 Å². The first-order valence-electron chi connectivity index (χ1n) is 2.81. The standard InChI is InChI=1S/C4H6OS.C2H6/c1-4-2-5-3-6-4;1-2/h2H,3H2,1H3;1-2H3. The highest BCUT2D eigenvalue weighted by Crippen LogP contribution is 2.20. The van der Waals surface area contributed by atoms with Gasteiger partial charge in [0.15, 0.2) is 0 Å². The van der Waals surface area contributed by atoms with E-state index >= 15 is 0 Å². The van der Waals surface area contributed by atoms with Crippen molar-refractivity contribution in [1.82, 2.24) is 0 Å². The fourth-order valence-electron chi connectivity index (χ4n) is 0.312. The van der Waals surface area contributed by atoms with Crippen LogP contribution in [0.2, 0.25) is 0 Å². The van der Waals surface area contributed by atoms with Crippen LogP contribution in [0.25, 0.3) is 0 Å². The van der Waals surface area contributed by atoms with Crippen LogP contribution in [-0.4, -0.2) is 5.94 Å². The molecule has 2 heteroatoms. The highest BCUT2D eigenvalue weighted by Gasteiger charge is 1.96. The molecule has 8 heavy (non-hydrogen) atoms. The molecule has 0 N–H and O–H groups in total. The van der Waals surface area contributed by atoms with E-state index in [1.165, 1.54) is 4.91 Å². The molecular weight excluding hydrogens is 120 g/mol. The van der Waals surface area contributed by atoms with Gasteiger partial charge in [0.25, 0.3) is 0 Å². The van der Waals surface area contributed by atoms with E-state index < -0.39 is 0 Å². The summed E-state index contributed by atoms with van der Waals surface area (Å²) in [5, 5.41) is 0. The maximum atomic E-state index is 4.86. The molecule has 0 saturated heterocycles. The lowest BCUT2D eigenvalue weighted by atomic mass is 10.7. The second-order valence-electron chi connectivity index (χ2n) is 1.16. The second kappa shape index (κ2) is 5.04. The Morgan fingerprint density at radius 2 is 2.25 bits per heavy atom. The van der Waals surface area contributed by atoms with E-state index in [9.17, 15) is 0 Å². The lowest BCUT2D eigenvalue weighted by molar-refractivity contribution is 0.324. The zero-order valence-corrected chi connectivity index (χ0v) is 6.42. The first-order chi connectivity index (χ1) is 3.89. The highest BCUT2D eigenvalue weighted by molar-refractivity contribution is 8.03. The summed E-state index contributed by atoms with van der Waals surface area (Å²) < 4.78 is 4.86. The van der Waals surface area contributed by atoms with E-state index in [0.29, 0.717) is 0 Å². The van der Waals surface area contributed by atoms with Gasteiger partial charge in [-0.05, 0) is 6.92 Å². The molecule has 1 nitrogen and oxygen atoms in total. The Labute approximate surface area is 55.1 Å². The summed E-state index contributed by atoms with van der Waals surface area (Å²) >= 11 is 1.74. The lowest BCUT2D eigenvalue weighted by Crippen LogP contribution is -1.64. The summed E-state index contributed by atoms with van der Waals surface area (Å²) in [4.78, 5) is 1.27. The van der Waals surface area contributed by atoms with Crippen LogP contribution in [0, 0.1) is 0 Å². The molecule has 0 unspecified atom stereocenters. The Morgan fingerprint density at radius 1 is 1.62 bits per heavy atom. The van der Waals surface area contributed by atoms with Crippen LogP contribution in [-0.2, 0) is 4.74 Å². The zero-order chi connectivity index (χ0) is 6.41. The van der Waals surface area contributed by atoms with Crippen molar-refractivity contribution in [3.63, 3.8) is 0 Å². The summed E-state index contributed by atoms with van der Waals surface area (Å²) in [6.45, 7) is 6.04. The molecule has 0 saturated carbocycles. The van der Waals surface area contributed by atoms with Crippen molar-refractivity contribution < 1.29 is 4.74 Å². The Hall–Kier alpha value is -0.110. The maximum absolute atomic E-state index is 4.86. The van der Waals surface area contributed by atoms with Crippen LogP contribution in [0.3, 0.4) is 0 Å². The minimum atomic E-state index is 0.811. The first-order valence-corrected chi connectivity index (χ1v) is 3.79. The van der Waals surface area contributed by atoms with E-state index in [2.05, 4.69) is 0 Å². The largest absolute Gasteiger partial charge is 0.489 e. The van der Waals surface area contributed by atoms with Crippen molar-refractivity contribution in [2.45, 2.75) is 20.8 Å². The van der Waals surface area contributed by atoms with E-state index in [1.54, 1.807) is 18.0 Å². The van der Waals surface area contributed by atoms with Crippen molar-refractivity contribution in [3.05, 3.63) is 11.2 Å². The molecule has 48 valence electrons. The summed E-state index contributed by atoms with van der Waals surface area (Å²) in [7, 11) is 0. The van der Waals surface area contributed by atoms with Crippen LogP contribution in [0.5, 0.6) is 0 Å². The Balaban J connectivity index is 0.000000222. The smallest absolute Gasteiger partial charge is 0.137 e. The quantitative estimate of drug-likeness (QED) is 0.501. The number of thioether (sulfide) groups is 1. The fraction of sp³-hybridized carbons (Fsp3) is 0.667. The maximum Gasteiger partial charge on any atom is 0.137 e. The Morgan fingerprint density at radius 3 is 2.38 bits per heavy atom. The molecule has 0 aromatic heterocycles. The van der Waals surface area contributed by atoms with Gasteiger partial charge in [-0.3, -0.25) is 0 Å². The van der Waals surface area contributed by atoms with Crippen LogP contribution in [0.15, 0.2) is 11.2 Å². The predicted molar refractivity (Wildman–Crippen MR) is 38.6 cm³/mol. The monoisotopic (exact) mass is 132 g/mol. The van der Waals surface area contributed by atoms with Gasteiger partial charge in [0.05, 0.1) is 6.26 Å². The van der Waals surface area contributed by atoms with Crippen molar-refractivity contribution in [2.24, 2.45) is 0 Å². The van der Waals surface area contributed by atoms with Crippen LogP contribution in [0.1, 0.15) is 20.8 Å². The molecule has 0 radical (unpaired) electrons. The third-order valence-electron chi connectivity index (χ3n) is 0.604. The summed E-state index contributed by atoms with van der Waals surface area (Å²) in [6.07, 6.45) is 1.78. The van der Waals surface area contributed by atoms with E-state index in [1.807, 2.05) is 20.8 Å². The van der Waals surface area contributed by atoms with Crippen molar-refractivity contribution in [2.75, 3.05) is 5.94 Å². The number of rotatable bonds is 0. The molecule has 0 aliphatic carbocycles. The average molecular weight is 132 g/mol. The van der Waals surface area contributed by atoms with Gasteiger partial charge in [-0.1, -0.05) is 25.6 Å². The predicted octanol–water partition coefficient (Wildman–Crippen LogP) is 2.59. The van der Waals surface area contributed by atoms with E-state index in [0.717, 1.165) is 5.94 Å².